The second-order valence-corrected chi connectivity index (χ2v) is 4.70. The maximum atomic E-state index is 11.9. The molecule has 1 fully saturated rings. The molecule has 18 heavy (non-hydrogen) atoms. The molecular weight excluding hydrogens is 232 g/mol. The third-order valence-electron chi connectivity index (χ3n) is 2.87. The average molecular weight is 252 g/mol. The quantitative estimate of drug-likeness (QED) is 0.795. The van der Waals surface area contributed by atoms with Gasteiger partial charge in [0.05, 0.1) is 13.2 Å². The lowest BCUT2D eigenvalue weighted by Gasteiger charge is -2.27. The van der Waals surface area contributed by atoms with Crippen LogP contribution in [0.1, 0.15) is 19.4 Å². The summed E-state index contributed by atoms with van der Waals surface area (Å²) in [5.41, 5.74) is 0.598. The lowest BCUT2D eigenvalue weighted by atomic mass is 10.3. The molecule has 1 aromatic heterocycles. The van der Waals surface area contributed by atoms with Crippen LogP contribution in [0.2, 0.25) is 0 Å². The molecule has 0 radical (unpaired) electrons. The van der Waals surface area contributed by atoms with Gasteiger partial charge in [-0.3, -0.25) is 9.78 Å². The Hall–Kier alpha value is -1.40. The number of rotatable bonds is 4. The first kappa shape index (κ1) is 13.0. The number of aromatic nitrogens is 2. The Balaban J connectivity index is 2.06. The van der Waals surface area contributed by atoms with E-state index >= 15 is 0 Å². The number of nitrogens with one attached hydrogen (secondary N) is 2. The predicted molar refractivity (Wildman–Crippen MR) is 69.9 cm³/mol. The summed E-state index contributed by atoms with van der Waals surface area (Å²) in [5.74, 6) is 0.636. The zero-order chi connectivity index (χ0) is 13.0. The Morgan fingerprint density at radius 2 is 2.22 bits per heavy atom. The molecule has 0 atom stereocenters. The van der Waals surface area contributed by atoms with E-state index in [-0.39, 0.29) is 5.56 Å². The molecule has 0 bridgehead atoms. The molecule has 1 aromatic rings. The summed E-state index contributed by atoms with van der Waals surface area (Å²) in [7, 11) is 0. The summed E-state index contributed by atoms with van der Waals surface area (Å²) in [6.45, 7) is 7.54. The van der Waals surface area contributed by atoms with Gasteiger partial charge in [0.25, 0.3) is 5.56 Å². The molecule has 2 rings (SSSR count). The van der Waals surface area contributed by atoms with Gasteiger partial charge in [-0.15, -0.1) is 0 Å². The van der Waals surface area contributed by atoms with Gasteiger partial charge in [-0.1, -0.05) is 13.8 Å². The Morgan fingerprint density at radius 3 is 2.83 bits per heavy atom. The fourth-order valence-electron chi connectivity index (χ4n) is 1.79. The summed E-state index contributed by atoms with van der Waals surface area (Å²) in [5, 5.41) is 3.21. The number of nitrogens with zero attached hydrogens (tertiary/aromatic N) is 2. The van der Waals surface area contributed by atoms with E-state index < -0.39 is 0 Å². The van der Waals surface area contributed by atoms with Crippen LogP contribution in [-0.2, 0) is 11.3 Å². The normalized spacial score (nSPS) is 16.3. The minimum Gasteiger partial charge on any atom is -0.378 e. The number of ether oxygens (including phenoxy) is 1. The Bertz CT molecular complexity index is 438. The van der Waals surface area contributed by atoms with Crippen LogP contribution in [0.15, 0.2) is 11.0 Å². The van der Waals surface area contributed by atoms with Crippen molar-refractivity contribution in [3.05, 3.63) is 22.1 Å². The summed E-state index contributed by atoms with van der Waals surface area (Å²) in [4.78, 5) is 21.1. The molecule has 0 saturated carbocycles. The highest BCUT2D eigenvalue weighted by molar-refractivity contribution is 5.30. The molecule has 0 aromatic carbocycles. The van der Waals surface area contributed by atoms with Crippen molar-refractivity contribution in [2.75, 3.05) is 31.2 Å². The van der Waals surface area contributed by atoms with Crippen LogP contribution in [0, 0.1) is 0 Å². The number of hydrogen-bond acceptors (Lipinski definition) is 5. The van der Waals surface area contributed by atoms with Gasteiger partial charge in [-0.05, 0) is 0 Å². The van der Waals surface area contributed by atoms with Crippen LogP contribution >= 0.6 is 0 Å². The molecule has 6 heteroatoms. The van der Waals surface area contributed by atoms with Gasteiger partial charge in [0, 0.05) is 37.4 Å². The van der Waals surface area contributed by atoms with E-state index in [1.54, 1.807) is 6.20 Å². The number of aromatic amines is 1. The highest BCUT2D eigenvalue weighted by Crippen LogP contribution is 2.07. The summed E-state index contributed by atoms with van der Waals surface area (Å²) >= 11 is 0. The number of morpholine rings is 1. The van der Waals surface area contributed by atoms with Crippen LogP contribution in [0.3, 0.4) is 0 Å². The van der Waals surface area contributed by atoms with Gasteiger partial charge in [0.15, 0.2) is 0 Å². The lowest BCUT2D eigenvalue weighted by Crippen LogP contribution is -2.38. The SMILES string of the molecule is CC(C)NCc1cnc(N2CCOCC2)[nH]c1=O. The third-order valence-corrected chi connectivity index (χ3v) is 2.87. The molecule has 0 spiro atoms. The van der Waals surface area contributed by atoms with Crippen LogP contribution in [0.4, 0.5) is 5.95 Å². The average Bonchev–Trinajstić information content (AvgIpc) is 2.38. The topological polar surface area (TPSA) is 70.2 Å². The highest BCUT2D eigenvalue weighted by atomic mass is 16.5. The summed E-state index contributed by atoms with van der Waals surface area (Å²) in [6, 6.07) is 0.350. The molecule has 0 unspecified atom stereocenters. The monoisotopic (exact) mass is 252 g/mol. The van der Waals surface area contributed by atoms with Crippen molar-refractivity contribution in [3.8, 4) is 0 Å². The number of hydrogen-bond donors (Lipinski definition) is 2. The zero-order valence-corrected chi connectivity index (χ0v) is 10.9. The van der Waals surface area contributed by atoms with Crippen molar-refractivity contribution in [1.29, 1.82) is 0 Å². The van der Waals surface area contributed by atoms with Crippen molar-refractivity contribution in [2.24, 2.45) is 0 Å². The fourth-order valence-corrected chi connectivity index (χ4v) is 1.79. The van der Waals surface area contributed by atoms with Gasteiger partial charge in [-0.2, -0.15) is 0 Å². The van der Waals surface area contributed by atoms with E-state index in [0.717, 1.165) is 13.1 Å². The van der Waals surface area contributed by atoms with Gasteiger partial charge in [-0.25, -0.2) is 4.98 Å². The van der Waals surface area contributed by atoms with Crippen molar-refractivity contribution >= 4 is 5.95 Å². The second-order valence-electron chi connectivity index (χ2n) is 4.70. The highest BCUT2D eigenvalue weighted by Gasteiger charge is 2.13. The van der Waals surface area contributed by atoms with E-state index in [4.69, 9.17) is 4.74 Å². The van der Waals surface area contributed by atoms with Crippen LogP contribution < -0.4 is 15.8 Å². The van der Waals surface area contributed by atoms with E-state index in [0.29, 0.717) is 37.3 Å². The Kier molecular flexibility index (Phi) is 4.33. The van der Waals surface area contributed by atoms with Crippen molar-refractivity contribution in [1.82, 2.24) is 15.3 Å². The van der Waals surface area contributed by atoms with Crippen molar-refractivity contribution < 1.29 is 4.74 Å². The molecule has 2 heterocycles. The van der Waals surface area contributed by atoms with Gasteiger partial charge < -0.3 is 15.0 Å². The second kappa shape index (κ2) is 5.97. The zero-order valence-electron chi connectivity index (χ0n) is 10.9. The Morgan fingerprint density at radius 1 is 1.50 bits per heavy atom. The molecule has 1 saturated heterocycles. The van der Waals surface area contributed by atoms with Crippen LogP contribution in [-0.4, -0.2) is 42.3 Å². The molecule has 0 aliphatic carbocycles. The van der Waals surface area contributed by atoms with Crippen LogP contribution in [0.25, 0.3) is 0 Å². The standard InChI is InChI=1S/C12H20N4O2/c1-9(2)13-7-10-8-14-12(15-11(10)17)16-3-5-18-6-4-16/h8-9,13H,3-7H2,1-2H3,(H,14,15,17). The summed E-state index contributed by atoms with van der Waals surface area (Å²) in [6.07, 6.45) is 1.65. The molecule has 6 nitrogen and oxygen atoms in total. The predicted octanol–water partition coefficient (Wildman–Crippen LogP) is 0.105. The minimum atomic E-state index is -0.0698. The molecule has 100 valence electrons. The van der Waals surface area contributed by atoms with Gasteiger partial charge >= 0.3 is 0 Å². The summed E-state index contributed by atoms with van der Waals surface area (Å²) < 4.78 is 5.27. The lowest BCUT2D eigenvalue weighted by molar-refractivity contribution is 0.122. The van der Waals surface area contributed by atoms with E-state index in [2.05, 4.69) is 15.3 Å². The van der Waals surface area contributed by atoms with E-state index in [1.165, 1.54) is 0 Å². The molecule has 1 aliphatic heterocycles. The van der Waals surface area contributed by atoms with Crippen molar-refractivity contribution in [3.63, 3.8) is 0 Å². The number of H-pyrrole nitrogens is 1. The molecular formula is C12H20N4O2. The van der Waals surface area contributed by atoms with Crippen LogP contribution in [0.5, 0.6) is 0 Å². The van der Waals surface area contributed by atoms with Crippen molar-refractivity contribution in [2.45, 2.75) is 26.4 Å². The smallest absolute Gasteiger partial charge is 0.256 e. The first-order valence-electron chi connectivity index (χ1n) is 6.31. The largest absolute Gasteiger partial charge is 0.378 e. The van der Waals surface area contributed by atoms with E-state index in [1.807, 2.05) is 18.7 Å². The van der Waals surface area contributed by atoms with E-state index in [9.17, 15) is 4.79 Å². The number of anilines is 1. The molecule has 2 N–H and O–H groups in total. The third kappa shape index (κ3) is 3.30. The Labute approximate surface area is 106 Å². The molecule has 0 amide bonds. The first-order valence-corrected chi connectivity index (χ1v) is 6.31. The maximum absolute atomic E-state index is 11.9. The minimum absolute atomic E-state index is 0.0698. The van der Waals surface area contributed by atoms with Gasteiger partial charge in [0.1, 0.15) is 0 Å². The molecule has 1 aliphatic rings. The fraction of sp³-hybridized carbons (Fsp3) is 0.667. The maximum Gasteiger partial charge on any atom is 0.256 e. The first-order chi connectivity index (χ1) is 8.66. The van der Waals surface area contributed by atoms with Gasteiger partial charge in [0.2, 0.25) is 5.95 Å².